The Morgan fingerprint density at radius 1 is 1.30 bits per heavy atom. The van der Waals surface area contributed by atoms with E-state index in [0.29, 0.717) is 6.54 Å². The highest BCUT2D eigenvalue weighted by Crippen LogP contribution is 2.18. The molecule has 5 heteroatoms. The molecule has 1 aromatic carbocycles. The lowest BCUT2D eigenvalue weighted by atomic mass is 9.93. The van der Waals surface area contributed by atoms with Crippen molar-refractivity contribution in [3.8, 4) is 5.75 Å². The van der Waals surface area contributed by atoms with Crippen molar-refractivity contribution >= 4 is 6.03 Å². The summed E-state index contributed by atoms with van der Waals surface area (Å²) in [5, 5.41) is 15.3. The molecule has 0 aliphatic heterocycles. The first-order valence-electron chi connectivity index (χ1n) is 8.61. The van der Waals surface area contributed by atoms with Crippen LogP contribution in [0.5, 0.6) is 5.75 Å². The lowest BCUT2D eigenvalue weighted by Gasteiger charge is -2.26. The van der Waals surface area contributed by atoms with Gasteiger partial charge in [-0.3, -0.25) is 0 Å². The third kappa shape index (κ3) is 6.48. The summed E-state index contributed by atoms with van der Waals surface area (Å²) in [7, 11) is 0. The van der Waals surface area contributed by atoms with Gasteiger partial charge in [0.05, 0.1) is 12.7 Å². The van der Waals surface area contributed by atoms with E-state index in [1.807, 2.05) is 24.3 Å². The number of carbonyl (C=O) groups excluding carboxylic acids is 1. The molecular formula is C18H28N2O3. The van der Waals surface area contributed by atoms with E-state index in [1.54, 1.807) is 0 Å². The maximum Gasteiger partial charge on any atom is 0.315 e. The van der Waals surface area contributed by atoms with E-state index in [0.717, 1.165) is 56.4 Å². The number of aliphatic hydroxyl groups excluding tert-OH is 1. The number of aliphatic hydroxyl groups is 1. The summed E-state index contributed by atoms with van der Waals surface area (Å²) in [6.45, 7) is 3.34. The minimum absolute atomic E-state index is 0.149. The van der Waals surface area contributed by atoms with Gasteiger partial charge in [0.15, 0.2) is 0 Å². The quantitative estimate of drug-likeness (QED) is 0.676. The van der Waals surface area contributed by atoms with Crippen molar-refractivity contribution in [1.82, 2.24) is 10.6 Å². The van der Waals surface area contributed by atoms with E-state index >= 15 is 0 Å². The van der Waals surface area contributed by atoms with Gasteiger partial charge >= 0.3 is 6.03 Å². The van der Waals surface area contributed by atoms with Gasteiger partial charge in [-0.05, 0) is 49.8 Å². The molecule has 0 saturated heterocycles. The molecular weight excluding hydrogens is 292 g/mol. The number of benzene rings is 1. The number of nitrogens with one attached hydrogen (secondary N) is 2. The largest absolute Gasteiger partial charge is 0.494 e. The number of amides is 2. The molecule has 1 aliphatic rings. The molecule has 1 aromatic rings. The Morgan fingerprint density at radius 2 is 2.09 bits per heavy atom. The molecule has 0 spiro atoms. The molecule has 5 nitrogen and oxygen atoms in total. The number of rotatable bonds is 7. The third-order valence-corrected chi connectivity index (χ3v) is 4.15. The molecule has 0 atom stereocenters. The Kier molecular flexibility index (Phi) is 7.20. The number of carbonyl (C=O) groups is 1. The molecule has 2 rings (SSSR count). The van der Waals surface area contributed by atoms with E-state index in [1.165, 1.54) is 0 Å². The second-order valence-electron chi connectivity index (χ2n) is 6.18. The highest BCUT2D eigenvalue weighted by Gasteiger charge is 2.20. The van der Waals surface area contributed by atoms with Gasteiger partial charge in [-0.25, -0.2) is 4.79 Å². The number of hydrogen-bond donors (Lipinski definition) is 3. The Morgan fingerprint density at radius 3 is 2.83 bits per heavy atom. The van der Waals surface area contributed by atoms with Crippen molar-refractivity contribution in [1.29, 1.82) is 0 Å². The van der Waals surface area contributed by atoms with Gasteiger partial charge in [0.2, 0.25) is 0 Å². The summed E-state index contributed by atoms with van der Waals surface area (Å²) in [6, 6.07) is 7.84. The fraction of sp³-hybridized carbons (Fsp3) is 0.611. The summed E-state index contributed by atoms with van der Waals surface area (Å²) >= 11 is 0. The zero-order valence-electron chi connectivity index (χ0n) is 13.9. The smallest absolute Gasteiger partial charge is 0.315 e. The molecule has 23 heavy (non-hydrogen) atoms. The molecule has 1 aliphatic carbocycles. The third-order valence-electron chi connectivity index (χ3n) is 4.15. The van der Waals surface area contributed by atoms with Crippen LogP contribution >= 0.6 is 0 Å². The van der Waals surface area contributed by atoms with Crippen molar-refractivity contribution in [3.05, 3.63) is 29.8 Å². The minimum atomic E-state index is -0.202. The van der Waals surface area contributed by atoms with Crippen LogP contribution in [-0.4, -0.2) is 29.9 Å². The molecule has 3 N–H and O–H groups in total. The fourth-order valence-electron chi connectivity index (χ4n) is 2.72. The molecule has 0 radical (unpaired) electrons. The van der Waals surface area contributed by atoms with E-state index < -0.39 is 0 Å². The Hall–Kier alpha value is -1.75. The summed E-state index contributed by atoms with van der Waals surface area (Å²) in [5.41, 5.74) is 1.02. The summed E-state index contributed by atoms with van der Waals surface area (Å²) in [6.07, 6.45) is 5.17. The zero-order chi connectivity index (χ0) is 16.5. The number of unbranched alkanes of at least 4 members (excludes halogenated alkanes) is 1. The van der Waals surface area contributed by atoms with Gasteiger partial charge in [0, 0.05) is 12.6 Å². The molecule has 1 fully saturated rings. The second-order valence-corrected chi connectivity index (χ2v) is 6.18. The first-order valence-corrected chi connectivity index (χ1v) is 8.61. The average Bonchev–Trinajstić information content (AvgIpc) is 2.56. The molecule has 0 aromatic heterocycles. The van der Waals surface area contributed by atoms with Crippen LogP contribution in [0.4, 0.5) is 4.79 Å². The highest BCUT2D eigenvalue weighted by atomic mass is 16.5. The number of hydrogen-bond acceptors (Lipinski definition) is 3. The predicted octanol–water partition coefficient (Wildman–Crippen LogP) is 2.97. The van der Waals surface area contributed by atoms with Gasteiger partial charge in [0.25, 0.3) is 0 Å². The van der Waals surface area contributed by atoms with Gasteiger partial charge in [-0.15, -0.1) is 0 Å². The topological polar surface area (TPSA) is 70.6 Å². The maximum absolute atomic E-state index is 11.9. The summed E-state index contributed by atoms with van der Waals surface area (Å²) < 4.78 is 5.67. The predicted molar refractivity (Wildman–Crippen MR) is 90.5 cm³/mol. The first-order chi connectivity index (χ1) is 11.2. The monoisotopic (exact) mass is 320 g/mol. The van der Waals surface area contributed by atoms with Crippen LogP contribution in [0, 0.1) is 0 Å². The molecule has 0 heterocycles. The average molecular weight is 320 g/mol. The van der Waals surface area contributed by atoms with Crippen molar-refractivity contribution in [3.63, 3.8) is 0 Å². The molecule has 128 valence electrons. The van der Waals surface area contributed by atoms with Crippen molar-refractivity contribution in [2.45, 2.75) is 64.1 Å². The SMILES string of the molecule is CCCCOc1cccc(CNC(=O)NC2CCC(O)CC2)c1. The van der Waals surface area contributed by atoms with Crippen LogP contribution in [0.15, 0.2) is 24.3 Å². The molecule has 2 amide bonds. The Balaban J connectivity index is 1.72. The van der Waals surface area contributed by atoms with Gasteiger partial charge < -0.3 is 20.5 Å². The molecule has 0 bridgehead atoms. The highest BCUT2D eigenvalue weighted by molar-refractivity contribution is 5.74. The van der Waals surface area contributed by atoms with Crippen LogP contribution in [0.25, 0.3) is 0 Å². The van der Waals surface area contributed by atoms with Crippen LogP contribution in [0.3, 0.4) is 0 Å². The van der Waals surface area contributed by atoms with E-state index in [2.05, 4.69) is 17.6 Å². The Labute approximate surface area is 138 Å². The lowest BCUT2D eigenvalue weighted by Crippen LogP contribution is -2.43. The minimum Gasteiger partial charge on any atom is -0.494 e. The van der Waals surface area contributed by atoms with Crippen LogP contribution in [-0.2, 0) is 6.54 Å². The van der Waals surface area contributed by atoms with Crippen LogP contribution < -0.4 is 15.4 Å². The zero-order valence-corrected chi connectivity index (χ0v) is 13.9. The second kappa shape index (κ2) is 9.40. The van der Waals surface area contributed by atoms with Crippen LogP contribution in [0.2, 0.25) is 0 Å². The normalized spacial score (nSPS) is 20.8. The Bertz CT molecular complexity index is 485. The van der Waals surface area contributed by atoms with E-state index in [9.17, 15) is 9.90 Å². The number of urea groups is 1. The van der Waals surface area contributed by atoms with Crippen molar-refractivity contribution in [2.24, 2.45) is 0 Å². The summed E-state index contributed by atoms with van der Waals surface area (Å²) in [5.74, 6) is 0.847. The van der Waals surface area contributed by atoms with Crippen LogP contribution in [0.1, 0.15) is 51.0 Å². The lowest BCUT2D eigenvalue weighted by molar-refractivity contribution is 0.117. The van der Waals surface area contributed by atoms with Gasteiger partial charge in [-0.2, -0.15) is 0 Å². The van der Waals surface area contributed by atoms with Gasteiger partial charge in [-0.1, -0.05) is 25.5 Å². The van der Waals surface area contributed by atoms with E-state index in [-0.39, 0.29) is 18.2 Å². The standard InChI is InChI=1S/C18H28N2O3/c1-2-3-11-23-17-6-4-5-14(12-17)13-19-18(22)20-15-7-9-16(21)10-8-15/h4-6,12,15-16,21H,2-3,7-11,13H2,1H3,(H2,19,20,22). The van der Waals surface area contributed by atoms with E-state index in [4.69, 9.17) is 4.74 Å². The van der Waals surface area contributed by atoms with Crippen molar-refractivity contribution < 1.29 is 14.6 Å². The molecule has 1 saturated carbocycles. The number of ether oxygens (including phenoxy) is 1. The van der Waals surface area contributed by atoms with Crippen molar-refractivity contribution in [2.75, 3.05) is 6.61 Å². The fourth-order valence-corrected chi connectivity index (χ4v) is 2.72. The first kappa shape index (κ1) is 17.6. The maximum atomic E-state index is 11.9. The summed E-state index contributed by atoms with van der Waals surface area (Å²) in [4.78, 5) is 11.9. The van der Waals surface area contributed by atoms with Gasteiger partial charge in [0.1, 0.15) is 5.75 Å². The molecule has 0 unspecified atom stereocenters.